The Morgan fingerprint density at radius 3 is 2.29 bits per heavy atom. The lowest BCUT2D eigenvalue weighted by molar-refractivity contribution is 0.272. The van der Waals surface area contributed by atoms with Crippen molar-refractivity contribution in [2.45, 2.75) is 33.2 Å². The van der Waals surface area contributed by atoms with Gasteiger partial charge in [0.15, 0.2) is 0 Å². The third kappa shape index (κ3) is 4.52. The Morgan fingerprint density at radius 1 is 0.952 bits per heavy atom. The highest BCUT2D eigenvalue weighted by atomic mass is 16.5. The van der Waals surface area contributed by atoms with Gasteiger partial charge in [-0.3, -0.25) is 0 Å². The molecule has 2 heteroatoms. The van der Waals surface area contributed by atoms with Crippen LogP contribution in [0.3, 0.4) is 0 Å². The molecule has 0 heterocycles. The van der Waals surface area contributed by atoms with E-state index in [4.69, 9.17) is 4.74 Å². The molecule has 0 radical (unpaired) electrons. The number of hydrogen-bond donors (Lipinski definition) is 1. The fraction of sp³-hybridized carbons (Fsp3) is 0.368. The van der Waals surface area contributed by atoms with Crippen LogP contribution in [0.5, 0.6) is 5.75 Å². The van der Waals surface area contributed by atoms with E-state index in [1.54, 1.807) is 0 Å². The first-order chi connectivity index (χ1) is 10.2. The van der Waals surface area contributed by atoms with Crippen molar-refractivity contribution in [1.82, 2.24) is 0 Å². The van der Waals surface area contributed by atoms with Crippen molar-refractivity contribution in [2.24, 2.45) is 5.92 Å². The normalized spacial score (nSPS) is 12.2. The van der Waals surface area contributed by atoms with Crippen molar-refractivity contribution in [3.63, 3.8) is 0 Å². The Morgan fingerprint density at radius 2 is 1.62 bits per heavy atom. The molecule has 2 rings (SSSR count). The van der Waals surface area contributed by atoms with E-state index in [-0.39, 0.29) is 0 Å². The van der Waals surface area contributed by atoms with Crippen LogP contribution in [0.4, 0.5) is 5.69 Å². The third-order valence-corrected chi connectivity index (χ3v) is 3.40. The molecule has 112 valence electrons. The van der Waals surface area contributed by atoms with Gasteiger partial charge >= 0.3 is 0 Å². The van der Waals surface area contributed by atoms with E-state index in [0.29, 0.717) is 12.0 Å². The average molecular weight is 283 g/mol. The van der Waals surface area contributed by atoms with Gasteiger partial charge in [-0.25, -0.2) is 0 Å². The van der Waals surface area contributed by atoms with Gasteiger partial charge in [-0.15, -0.1) is 0 Å². The van der Waals surface area contributed by atoms with Gasteiger partial charge in [0.1, 0.15) is 5.75 Å². The molecule has 0 bridgehead atoms. The van der Waals surface area contributed by atoms with Crippen LogP contribution in [0.1, 0.15) is 38.8 Å². The van der Waals surface area contributed by atoms with E-state index in [1.165, 1.54) is 5.56 Å². The number of benzene rings is 2. The van der Waals surface area contributed by atoms with Crippen LogP contribution in [0.25, 0.3) is 0 Å². The molecule has 0 aliphatic heterocycles. The van der Waals surface area contributed by atoms with Crippen molar-refractivity contribution < 1.29 is 4.74 Å². The molecule has 0 fully saturated rings. The predicted octanol–water partition coefficient (Wildman–Crippen LogP) is 5.28. The fourth-order valence-corrected chi connectivity index (χ4v) is 2.26. The second-order valence-corrected chi connectivity index (χ2v) is 5.72. The van der Waals surface area contributed by atoms with Gasteiger partial charge in [0.05, 0.1) is 18.3 Å². The smallest absolute Gasteiger partial charge is 0.142 e. The first kappa shape index (κ1) is 15.4. The monoisotopic (exact) mass is 283 g/mol. The molecular weight excluding hydrogens is 258 g/mol. The summed E-state index contributed by atoms with van der Waals surface area (Å²) in [5, 5.41) is 3.61. The SMILES string of the molecule is CCC(Nc1ccccc1OCC(C)C)c1ccccc1. The maximum atomic E-state index is 5.92. The maximum Gasteiger partial charge on any atom is 0.142 e. The van der Waals surface area contributed by atoms with Crippen LogP contribution in [0, 0.1) is 5.92 Å². The minimum absolute atomic E-state index is 0.301. The van der Waals surface area contributed by atoms with Crippen molar-refractivity contribution in [3.8, 4) is 5.75 Å². The zero-order valence-corrected chi connectivity index (χ0v) is 13.2. The summed E-state index contributed by atoms with van der Waals surface area (Å²) in [7, 11) is 0. The predicted molar refractivity (Wildman–Crippen MR) is 89.9 cm³/mol. The molecule has 1 unspecified atom stereocenters. The summed E-state index contributed by atoms with van der Waals surface area (Å²) in [5.41, 5.74) is 2.37. The second-order valence-electron chi connectivity index (χ2n) is 5.72. The molecule has 21 heavy (non-hydrogen) atoms. The molecule has 0 saturated heterocycles. The topological polar surface area (TPSA) is 21.3 Å². The van der Waals surface area contributed by atoms with E-state index in [2.05, 4.69) is 62.5 Å². The van der Waals surface area contributed by atoms with Crippen LogP contribution >= 0.6 is 0 Å². The maximum absolute atomic E-state index is 5.92. The average Bonchev–Trinajstić information content (AvgIpc) is 2.52. The Labute approximate surface area is 128 Å². The van der Waals surface area contributed by atoms with Crippen molar-refractivity contribution in [2.75, 3.05) is 11.9 Å². The highest BCUT2D eigenvalue weighted by Crippen LogP contribution is 2.29. The fourth-order valence-electron chi connectivity index (χ4n) is 2.26. The van der Waals surface area contributed by atoms with Gasteiger partial charge in [-0.2, -0.15) is 0 Å². The second kappa shape index (κ2) is 7.72. The molecular formula is C19H25NO. The Balaban J connectivity index is 2.14. The quantitative estimate of drug-likeness (QED) is 0.746. The lowest BCUT2D eigenvalue weighted by Gasteiger charge is -2.21. The summed E-state index contributed by atoms with van der Waals surface area (Å²) in [6.45, 7) is 7.26. The van der Waals surface area contributed by atoms with Crippen LogP contribution in [0.2, 0.25) is 0 Å². The summed E-state index contributed by atoms with van der Waals surface area (Å²) in [5.74, 6) is 1.45. The molecule has 0 spiro atoms. The summed E-state index contributed by atoms with van der Waals surface area (Å²) in [4.78, 5) is 0. The summed E-state index contributed by atoms with van der Waals surface area (Å²) in [6, 6.07) is 19.0. The number of rotatable bonds is 7. The number of nitrogens with one attached hydrogen (secondary N) is 1. The summed E-state index contributed by atoms with van der Waals surface area (Å²) in [6.07, 6.45) is 1.03. The minimum atomic E-state index is 0.301. The van der Waals surface area contributed by atoms with E-state index in [1.807, 2.05) is 18.2 Å². The first-order valence-electron chi connectivity index (χ1n) is 7.74. The van der Waals surface area contributed by atoms with Crippen molar-refractivity contribution in [1.29, 1.82) is 0 Å². The lowest BCUT2D eigenvalue weighted by Crippen LogP contribution is -2.12. The van der Waals surface area contributed by atoms with Crippen LogP contribution in [-0.2, 0) is 0 Å². The number of hydrogen-bond acceptors (Lipinski definition) is 2. The van der Waals surface area contributed by atoms with Crippen molar-refractivity contribution >= 4 is 5.69 Å². The third-order valence-electron chi connectivity index (χ3n) is 3.40. The molecule has 1 atom stereocenters. The van der Waals surface area contributed by atoms with Gasteiger partial charge in [-0.05, 0) is 30.0 Å². The Kier molecular flexibility index (Phi) is 5.68. The zero-order chi connectivity index (χ0) is 15.1. The molecule has 2 aromatic rings. The standard InChI is InChI=1S/C19H25NO/c1-4-17(16-10-6-5-7-11-16)20-18-12-8-9-13-19(18)21-14-15(2)3/h5-13,15,17,20H,4,14H2,1-3H3. The van der Waals surface area contributed by atoms with E-state index in [9.17, 15) is 0 Å². The number of para-hydroxylation sites is 2. The molecule has 2 aromatic carbocycles. The van der Waals surface area contributed by atoms with Gasteiger partial charge in [0.2, 0.25) is 0 Å². The summed E-state index contributed by atoms with van der Waals surface area (Å²) >= 11 is 0. The first-order valence-corrected chi connectivity index (χ1v) is 7.74. The molecule has 0 amide bonds. The summed E-state index contributed by atoms with van der Waals surface area (Å²) < 4.78 is 5.92. The van der Waals surface area contributed by atoms with E-state index in [0.717, 1.165) is 24.5 Å². The van der Waals surface area contributed by atoms with E-state index >= 15 is 0 Å². The Bertz CT molecular complexity index is 536. The number of anilines is 1. The molecule has 1 N–H and O–H groups in total. The minimum Gasteiger partial charge on any atom is -0.491 e. The molecule has 0 aliphatic carbocycles. The van der Waals surface area contributed by atoms with Gasteiger partial charge in [0.25, 0.3) is 0 Å². The van der Waals surface area contributed by atoms with Crippen LogP contribution < -0.4 is 10.1 Å². The molecule has 2 nitrogen and oxygen atoms in total. The van der Waals surface area contributed by atoms with Gasteiger partial charge in [0, 0.05) is 0 Å². The zero-order valence-electron chi connectivity index (χ0n) is 13.2. The van der Waals surface area contributed by atoms with Crippen molar-refractivity contribution in [3.05, 3.63) is 60.2 Å². The lowest BCUT2D eigenvalue weighted by atomic mass is 10.0. The highest BCUT2D eigenvalue weighted by molar-refractivity contribution is 5.57. The van der Waals surface area contributed by atoms with Crippen LogP contribution in [0.15, 0.2) is 54.6 Å². The Hall–Kier alpha value is -1.96. The van der Waals surface area contributed by atoms with E-state index < -0.39 is 0 Å². The number of ether oxygens (including phenoxy) is 1. The van der Waals surface area contributed by atoms with Gasteiger partial charge < -0.3 is 10.1 Å². The molecule has 0 saturated carbocycles. The largest absolute Gasteiger partial charge is 0.491 e. The molecule has 0 aromatic heterocycles. The van der Waals surface area contributed by atoms with Crippen LogP contribution in [-0.4, -0.2) is 6.61 Å². The highest BCUT2D eigenvalue weighted by Gasteiger charge is 2.11. The molecule has 0 aliphatic rings. The van der Waals surface area contributed by atoms with Gasteiger partial charge in [-0.1, -0.05) is 63.2 Å².